The summed E-state index contributed by atoms with van der Waals surface area (Å²) in [5.41, 5.74) is 22.2. The van der Waals surface area contributed by atoms with Gasteiger partial charge < -0.3 is 9.32 Å². The van der Waals surface area contributed by atoms with Crippen LogP contribution in [0.2, 0.25) is 0 Å². The summed E-state index contributed by atoms with van der Waals surface area (Å²) in [6.07, 6.45) is 0. The summed E-state index contributed by atoms with van der Waals surface area (Å²) in [7, 11) is 0. The summed E-state index contributed by atoms with van der Waals surface area (Å²) in [5.74, 6) is 0. The Bertz CT molecular complexity index is 3880. The van der Waals surface area contributed by atoms with Crippen molar-refractivity contribution in [2.45, 2.75) is 5.41 Å². The van der Waals surface area contributed by atoms with Gasteiger partial charge in [0.05, 0.1) is 11.1 Å². The number of anilines is 3. The molecule has 0 radical (unpaired) electrons. The lowest BCUT2D eigenvalue weighted by Crippen LogP contribution is -2.26. The molecule has 1 spiro atoms. The fourth-order valence-electron chi connectivity index (χ4n) is 11.5. The number of furan rings is 1. The van der Waals surface area contributed by atoms with Gasteiger partial charge in [0.1, 0.15) is 11.2 Å². The van der Waals surface area contributed by atoms with Crippen LogP contribution in [0.1, 0.15) is 22.3 Å². The van der Waals surface area contributed by atoms with Crippen LogP contribution in [0.4, 0.5) is 17.1 Å². The first-order valence-electron chi connectivity index (χ1n) is 23.2. The van der Waals surface area contributed by atoms with Crippen molar-refractivity contribution in [3.8, 4) is 55.6 Å². The van der Waals surface area contributed by atoms with Gasteiger partial charge in [-0.25, -0.2) is 0 Å². The normalized spacial score (nSPS) is 12.9. The molecule has 1 aromatic heterocycles. The van der Waals surface area contributed by atoms with Crippen LogP contribution in [-0.2, 0) is 5.41 Å². The SMILES string of the molecule is c1cc(-c2ccc3oc4ccccc4c3c2)cc(N(c2ccc(-c3ccc(-c4ccc5ccccc5c4)cc3)cc2)c2cccc3c2-c2ccccc2C32c3ccccc3-c3ccccc32)c1. The number of benzene rings is 11. The van der Waals surface area contributed by atoms with Crippen LogP contribution in [0.5, 0.6) is 0 Å². The van der Waals surface area contributed by atoms with Crippen molar-refractivity contribution in [1.29, 1.82) is 0 Å². The van der Waals surface area contributed by atoms with E-state index in [1.165, 1.54) is 77.5 Å². The second kappa shape index (κ2) is 14.7. The van der Waals surface area contributed by atoms with Gasteiger partial charge in [0.2, 0.25) is 0 Å². The van der Waals surface area contributed by atoms with E-state index >= 15 is 0 Å². The van der Waals surface area contributed by atoms with Crippen molar-refractivity contribution in [2.24, 2.45) is 0 Å². The first kappa shape index (κ1) is 37.6. The van der Waals surface area contributed by atoms with Crippen LogP contribution in [-0.4, -0.2) is 0 Å². The van der Waals surface area contributed by atoms with Crippen LogP contribution in [0, 0.1) is 0 Å². The van der Waals surface area contributed by atoms with Gasteiger partial charge in [0.15, 0.2) is 0 Å². The molecule has 12 aromatic rings. The highest BCUT2D eigenvalue weighted by atomic mass is 16.3. The fraction of sp³-hybridized carbons (Fsp3) is 0.0154. The predicted molar refractivity (Wildman–Crippen MR) is 279 cm³/mol. The van der Waals surface area contributed by atoms with Gasteiger partial charge in [-0.1, -0.05) is 194 Å². The Labute approximate surface area is 389 Å². The third-order valence-corrected chi connectivity index (χ3v) is 14.5. The van der Waals surface area contributed by atoms with Gasteiger partial charge in [0, 0.05) is 27.7 Å². The molecular weight excluding hydrogens is 811 g/mol. The largest absolute Gasteiger partial charge is 0.456 e. The Morgan fingerprint density at radius 1 is 0.299 bits per heavy atom. The molecule has 1 heterocycles. The molecule has 67 heavy (non-hydrogen) atoms. The Kier molecular flexibility index (Phi) is 8.23. The monoisotopic (exact) mass is 851 g/mol. The molecule has 0 unspecified atom stereocenters. The number of fused-ring (bicyclic) bond motifs is 14. The number of nitrogens with zero attached hydrogens (tertiary/aromatic N) is 1. The van der Waals surface area contributed by atoms with Gasteiger partial charge in [-0.3, -0.25) is 0 Å². The molecule has 312 valence electrons. The number of para-hydroxylation sites is 1. The molecule has 2 nitrogen and oxygen atoms in total. The smallest absolute Gasteiger partial charge is 0.135 e. The third kappa shape index (κ3) is 5.63. The fourth-order valence-corrected chi connectivity index (χ4v) is 11.5. The van der Waals surface area contributed by atoms with Crippen molar-refractivity contribution in [3.63, 3.8) is 0 Å². The lowest BCUT2D eigenvalue weighted by atomic mass is 9.70. The molecule has 2 aliphatic rings. The number of hydrogen-bond donors (Lipinski definition) is 0. The maximum atomic E-state index is 6.25. The highest BCUT2D eigenvalue weighted by molar-refractivity contribution is 6.07. The minimum atomic E-state index is -0.450. The van der Waals surface area contributed by atoms with E-state index in [-0.39, 0.29) is 0 Å². The summed E-state index contributed by atoms with van der Waals surface area (Å²) in [6.45, 7) is 0. The van der Waals surface area contributed by atoms with E-state index < -0.39 is 5.41 Å². The lowest BCUT2D eigenvalue weighted by Gasteiger charge is -2.32. The molecule has 2 aliphatic carbocycles. The second-order valence-electron chi connectivity index (χ2n) is 18.0. The maximum Gasteiger partial charge on any atom is 0.135 e. The highest BCUT2D eigenvalue weighted by Gasteiger charge is 2.52. The van der Waals surface area contributed by atoms with E-state index in [9.17, 15) is 0 Å². The van der Waals surface area contributed by atoms with Crippen LogP contribution < -0.4 is 4.90 Å². The van der Waals surface area contributed by atoms with Gasteiger partial charge in [0.25, 0.3) is 0 Å². The van der Waals surface area contributed by atoms with E-state index in [4.69, 9.17) is 4.42 Å². The lowest BCUT2D eigenvalue weighted by molar-refractivity contribution is 0.669. The van der Waals surface area contributed by atoms with E-state index in [1.54, 1.807) is 0 Å². The molecule has 0 bridgehead atoms. The van der Waals surface area contributed by atoms with Crippen molar-refractivity contribution in [3.05, 3.63) is 271 Å². The molecule has 0 saturated heterocycles. The summed E-state index contributed by atoms with van der Waals surface area (Å²) in [4.78, 5) is 2.48. The molecule has 0 fully saturated rings. The molecule has 2 heteroatoms. The average molecular weight is 852 g/mol. The number of hydrogen-bond acceptors (Lipinski definition) is 2. The summed E-state index contributed by atoms with van der Waals surface area (Å²) in [5, 5.41) is 4.76. The minimum absolute atomic E-state index is 0.450. The molecule has 0 N–H and O–H groups in total. The number of rotatable bonds is 6. The van der Waals surface area contributed by atoms with Crippen molar-refractivity contribution >= 4 is 49.8 Å². The Hall–Kier alpha value is -8.72. The van der Waals surface area contributed by atoms with E-state index in [0.29, 0.717) is 0 Å². The van der Waals surface area contributed by atoms with E-state index in [1.807, 2.05) is 12.1 Å². The second-order valence-corrected chi connectivity index (χ2v) is 18.0. The average Bonchev–Trinajstić information content (AvgIpc) is 4.03. The first-order valence-corrected chi connectivity index (χ1v) is 23.2. The van der Waals surface area contributed by atoms with Crippen LogP contribution in [0.25, 0.3) is 88.3 Å². The molecule has 0 atom stereocenters. The van der Waals surface area contributed by atoms with E-state index in [0.717, 1.165) is 50.1 Å². The zero-order chi connectivity index (χ0) is 44.1. The van der Waals surface area contributed by atoms with Gasteiger partial charge in [-0.2, -0.15) is 0 Å². The van der Waals surface area contributed by atoms with Crippen LogP contribution >= 0.6 is 0 Å². The van der Waals surface area contributed by atoms with Crippen LogP contribution in [0.15, 0.2) is 253 Å². The Balaban J connectivity index is 0.933. The Morgan fingerprint density at radius 3 is 1.58 bits per heavy atom. The maximum absolute atomic E-state index is 6.25. The first-order chi connectivity index (χ1) is 33.2. The van der Waals surface area contributed by atoms with Gasteiger partial charge in [-0.05, 0) is 138 Å². The summed E-state index contributed by atoms with van der Waals surface area (Å²) in [6, 6.07) is 91.4. The molecule has 14 rings (SSSR count). The van der Waals surface area contributed by atoms with Crippen molar-refractivity contribution in [1.82, 2.24) is 0 Å². The predicted octanol–water partition coefficient (Wildman–Crippen LogP) is 17.6. The minimum Gasteiger partial charge on any atom is -0.456 e. The van der Waals surface area contributed by atoms with Crippen molar-refractivity contribution in [2.75, 3.05) is 4.90 Å². The van der Waals surface area contributed by atoms with Gasteiger partial charge >= 0.3 is 0 Å². The zero-order valence-electron chi connectivity index (χ0n) is 36.5. The molecule has 0 amide bonds. The van der Waals surface area contributed by atoms with E-state index in [2.05, 4.69) is 241 Å². The summed E-state index contributed by atoms with van der Waals surface area (Å²) >= 11 is 0. The molecular formula is C65H41NO. The molecule has 0 aliphatic heterocycles. The quantitative estimate of drug-likeness (QED) is 0.166. The van der Waals surface area contributed by atoms with Crippen molar-refractivity contribution < 1.29 is 4.42 Å². The highest BCUT2D eigenvalue weighted by Crippen LogP contribution is 2.64. The van der Waals surface area contributed by atoms with Crippen LogP contribution in [0.3, 0.4) is 0 Å². The molecule has 11 aromatic carbocycles. The zero-order valence-corrected chi connectivity index (χ0v) is 36.5. The van der Waals surface area contributed by atoms with Gasteiger partial charge in [-0.15, -0.1) is 0 Å². The topological polar surface area (TPSA) is 16.4 Å². The summed E-state index contributed by atoms with van der Waals surface area (Å²) < 4.78 is 6.25. The standard InChI is InChI=1S/C65H41NO/c1-2-14-46-39-48(32-31-42(46)13-1)45-29-27-43(28-30-45)44-33-36-50(37-34-44)66(51-16-11-15-47(40-51)49-35-38-63-56(41-49)54-19-6-10-26-62(54)67-63)61-25-12-24-60-64(61)55-20-5-9-23-59(55)65(60)57-21-7-3-17-52(57)53-18-4-8-22-58(53)65/h1-41H. The third-order valence-electron chi connectivity index (χ3n) is 14.5. The molecule has 0 saturated carbocycles. The Morgan fingerprint density at radius 2 is 0.821 bits per heavy atom.